The van der Waals surface area contributed by atoms with Crippen molar-refractivity contribution in [1.29, 1.82) is 0 Å². The van der Waals surface area contributed by atoms with Crippen molar-refractivity contribution >= 4 is 10.9 Å². The summed E-state index contributed by atoms with van der Waals surface area (Å²) in [5.41, 5.74) is 0. The van der Waals surface area contributed by atoms with Crippen molar-refractivity contribution in [3.05, 3.63) is 0 Å². The molecule has 0 aromatic rings. The molecule has 1 rings (SSSR count). The van der Waals surface area contributed by atoms with Gasteiger partial charge in [-0.05, 0) is 24.2 Å². The molecule has 1 aliphatic rings. The molecule has 2 atom stereocenters. The monoisotopic (exact) mass is 131 g/mol. The maximum absolute atomic E-state index is 2.38. The van der Waals surface area contributed by atoms with Crippen LogP contribution in [0, 0.1) is 5.92 Å². The Kier molecular flexibility index (Phi) is 2.24. The molecule has 0 aliphatic carbocycles. The van der Waals surface area contributed by atoms with E-state index in [1.54, 1.807) is 0 Å². The van der Waals surface area contributed by atoms with Gasteiger partial charge in [0.2, 0.25) is 0 Å². The lowest BCUT2D eigenvalue weighted by molar-refractivity contribution is 0.669. The van der Waals surface area contributed by atoms with Gasteiger partial charge in [0.05, 0.1) is 0 Å². The molecule has 0 spiro atoms. The number of hydrogen-bond donors (Lipinski definition) is 0. The van der Waals surface area contributed by atoms with Gasteiger partial charge in [-0.2, -0.15) is 0 Å². The Hall–Kier alpha value is 0.350. The highest BCUT2D eigenvalue weighted by atomic mass is 32.2. The second kappa shape index (κ2) is 2.77. The highest BCUT2D eigenvalue weighted by Crippen LogP contribution is 2.18. The third-order valence-electron chi connectivity index (χ3n) is 1.83. The molecule has 1 saturated heterocycles. The fourth-order valence-corrected chi connectivity index (χ4v) is 3.60. The summed E-state index contributed by atoms with van der Waals surface area (Å²) in [4.78, 5) is 0. The maximum atomic E-state index is 2.38. The van der Waals surface area contributed by atoms with E-state index in [1.807, 2.05) is 0 Å². The zero-order chi connectivity index (χ0) is 5.98. The van der Waals surface area contributed by atoms with E-state index < -0.39 is 0 Å². The standard InChI is InChI=1S/C7H15S/c1-3-8-5-4-7(2)6-8/h7H,3-6H2,1-2H3/q+1/t7-,8?/m0/s1. The molecule has 48 valence electrons. The molecule has 0 bridgehead atoms. The first-order valence-corrected chi connectivity index (χ1v) is 5.20. The third kappa shape index (κ3) is 1.41. The number of rotatable bonds is 1. The Morgan fingerprint density at radius 3 is 2.62 bits per heavy atom. The summed E-state index contributed by atoms with van der Waals surface area (Å²) < 4.78 is 0. The minimum atomic E-state index is 0.836. The van der Waals surface area contributed by atoms with Crippen LogP contribution in [0.4, 0.5) is 0 Å². The van der Waals surface area contributed by atoms with E-state index in [-0.39, 0.29) is 0 Å². The van der Waals surface area contributed by atoms with E-state index in [0.29, 0.717) is 0 Å². The predicted octanol–water partition coefficient (Wildman–Crippen LogP) is 1.66. The van der Waals surface area contributed by atoms with Crippen molar-refractivity contribution in [2.75, 3.05) is 17.3 Å². The van der Waals surface area contributed by atoms with Crippen LogP contribution in [0.3, 0.4) is 0 Å². The van der Waals surface area contributed by atoms with Gasteiger partial charge >= 0.3 is 0 Å². The Morgan fingerprint density at radius 1 is 1.62 bits per heavy atom. The lowest BCUT2D eigenvalue weighted by atomic mass is 10.2. The molecule has 1 heteroatoms. The van der Waals surface area contributed by atoms with Gasteiger partial charge < -0.3 is 0 Å². The van der Waals surface area contributed by atoms with Gasteiger partial charge in [-0.3, -0.25) is 0 Å². The molecule has 0 amide bonds. The minimum absolute atomic E-state index is 0.836. The smallest absolute Gasteiger partial charge is 0.0578 e. The van der Waals surface area contributed by atoms with Crippen LogP contribution in [-0.4, -0.2) is 17.3 Å². The first-order valence-electron chi connectivity index (χ1n) is 3.47. The maximum Gasteiger partial charge on any atom is 0.110 e. The van der Waals surface area contributed by atoms with Gasteiger partial charge in [-0.1, -0.05) is 6.92 Å². The van der Waals surface area contributed by atoms with Crippen LogP contribution >= 0.6 is 0 Å². The van der Waals surface area contributed by atoms with Crippen LogP contribution in [0.2, 0.25) is 0 Å². The summed E-state index contributed by atoms with van der Waals surface area (Å²) >= 11 is 0. The molecule has 8 heavy (non-hydrogen) atoms. The fourth-order valence-electron chi connectivity index (χ4n) is 1.20. The lowest BCUT2D eigenvalue weighted by Gasteiger charge is -1.93. The predicted molar refractivity (Wildman–Crippen MR) is 41.4 cm³/mol. The molecule has 0 radical (unpaired) electrons. The molecular formula is C7H15S+. The zero-order valence-corrected chi connectivity index (χ0v) is 6.63. The molecule has 0 saturated carbocycles. The summed E-state index contributed by atoms with van der Waals surface area (Å²) in [5.74, 6) is 5.52. The largest absolute Gasteiger partial charge is 0.110 e. The summed E-state index contributed by atoms with van der Waals surface area (Å²) in [6.45, 7) is 4.70. The van der Waals surface area contributed by atoms with Crippen LogP contribution in [0.5, 0.6) is 0 Å². The Bertz CT molecular complexity index is 70.8. The van der Waals surface area contributed by atoms with E-state index in [0.717, 1.165) is 16.8 Å². The van der Waals surface area contributed by atoms with Crippen molar-refractivity contribution in [2.24, 2.45) is 5.92 Å². The summed E-state index contributed by atoms with van der Waals surface area (Å²) in [7, 11) is 0.836. The van der Waals surface area contributed by atoms with Crippen LogP contribution in [0.15, 0.2) is 0 Å². The van der Waals surface area contributed by atoms with Crippen molar-refractivity contribution in [3.63, 3.8) is 0 Å². The van der Waals surface area contributed by atoms with E-state index in [2.05, 4.69) is 13.8 Å². The summed E-state index contributed by atoms with van der Waals surface area (Å²) in [6, 6.07) is 0. The van der Waals surface area contributed by atoms with Crippen LogP contribution in [-0.2, 0) is 10.9 Å². The van der Waals surface area contributed by atoms with Crippen molar-refractivity contribution in [2.45, 2.75) is 20.3 Å². The highest BCUT2D eigenvalue weighted by Gasteiger charge is 2.27. The first-order chi connectivity index (χ1) is 3.83. The molecule has 0 nitrogen and oxygen atoms in total. The Labute approximate surface area is 55.0 Å². The molecule has 1 heterocycles. The highest BCUT2D eigenvalue weighted by molar-refractivity contribution is 7.97. The van der Waals surface area contributed by atoms with Gasteiger partial charge in [0.15, 0.2) is 0 Å². The van der Waals surface area contributed by atoms with Gasteiger partial charge in [0, 0.05) is 5.92 Å². The minimum Gasteiger partial charge on any atom is -0.0578 e. The normalized spacial score (nSPS) is 38.2. The van der Waals surface area contributed by atoms with Crippen LogP contribution in [0.25, 0.3) is 0 Å². The molecule has 0 aromatic heterocycles. The summed E-state index contributed by atoms with van der Waals surface area (Å²) in [6.07, 6.45) is 1.50. The quantitative estimate of drug-likeness (QED) is 0.475. The molecule has 0 N–H and O–H groups in total. The fraction of sp³-hybridized carbons (Fsp3) is 1.00. The SMILES string of the molecule is CC[S+]1CC[C@H](C)C1. The van der Waals surface area contributed by atoms with Gasteiger partial charge in [-0.25, -0.2) is 0 Å². The molecule has 1 aliphatic heterocycles. The number of hydrogen-bond acceptors (Lipinski definition) is 0. The zero-order valence-electron chi connectivity index (χ0n) is 5.81. The Morgan fingerprint density at radius 2 is 2.38 bits per heavy atom. The van der Waals surface area contributed by atoms with Crippen molar-refractivity contribution in [1.82, 2.24) is 0 Å². The third-order valence-corrected chi connectivity index (χ3v) is 4.50. The van der Waals surface area contributed by atoms with Gasteiger partial charge in [-0.15, -0.1) is 0 Å². The summed E-state index contributed by atoms with van der Waals surface area (Å²) in [5, 5.41) is 0. The van der Waals surface area contributed by atoms with Gasteiger partial charge in [0.1, 0.15) is 17.3 Å². The average molecular weight is 131 g/mol. The second-order valence-corrected chi connectivity index (χ2v) is 5.21. The van der Waals surface area contributed by atoms with Crippen molar-refractivity contribution < 1.29 is 0 Å². The van der Waals surface area contributed by atoms with E-state index in [9.17, 15) is 0 Å². The molecule has 0 aromatic carbocycles. The van der Waals surface area contributed by atoms with Gasteiger partial charge in [0.25, 0.3) is 0 Å². The van der Waals surface area contributed by atoms with Crippen LogP contribution in [0.1, 0.15) is 20.3 Å². The molecule has 1 unspecified atom stereocenters. The van der Waals surface area contributed by atoms with E-state index >= 15 is 0 Å². The average Bonchev–Trinajstić information content (AvgIpc) is 2.14. The lowest BCUT2D eigenvalue weighted by Crippen LogP contribution is -2.06. The Balaban J connectivity index is 2.22. The first kappa shape index (κ1) is 6.47. The second-order valence-electron chi connectivity index (χ2n) is 2.67. The van der Waals surface area contributed by atoms with E-state index in [1.165, 1.54) is 23.7 Å². The van der Waals surface area contributed by atoms with Crippen LogP contribution < -0.4 is 0 Å². The van der Waals surface area contributed by atoms with Crippen molar-refractivity contribution in [3.8, 4) is 0 Å². The molecule has 1 fully saturated rings. The van der Waals surface area contributed by atoms with E-state index in [4.69, 9.17) is 0 Å². The molecular weight excluding hydrogens is 116 g/mol. The topological polar surface area (TPSA) is 0 Å².